The zero-order valence-corrected chi connectivity index (χ0v) is 54.4. The number of phosphoric acid groups is 1. The summed E-state index contributed by atoms with van der Waals surface area (Å²) < 4.78 is 30.3. The largest absolute Gasteiger partial charge is 0.756 e. The van der Waals surface area contributed by atoms with Gasteiger partial charge in [-0.15, -0.1) is 0 Å². The topological polar surface area (TPSA) is 114 Å². The molecule has 468 valence electrons. The van der Waals surface area contributed by atoms with Crippen LogP contribution in [0.5, 0.6) is 0 Å². The number of allylic oxidation sites excluding steroid dienone is 15. The van der Waals surface area contributed by atoms with Crippen LogP contribution in [0.1, 0.15) is 290 Å². The van der Waals surface area contributed by atoms with Crippen LogP contribution in [-0.4, -0.2) is 69.4 Å². The molecule has 0 aliphatic carbocycles. The Labute approximate surface area is 500 Å². The van der Waals surface area contributed by atoms with Crippen LogP contribution in [0.3, 0.4) is 0 Å². The number of rotatable bonds is 60. The fraction of sp³-hybridized carbons (Fsp3) is 0.746. The van der Waals surface area contributed by atoms with Crippen LogP contribution in [0.4, 0.5) is 0 Å². The Balaban J connectivity index is 5.12. The van der Waals surface area contributed by atoms with E-state index < -0.39 is 26.6 Å². The molecule has 3 atom stereocenters. The third-order valence-electron chi connectivity index (χ3n) is 14.5. The molecule has 0 heterocycles. The second-order valence-electron chi connectivity index (χ2n) is 23.6. The second kappa shape index (κ2) is 60.1. The van der Waals surface area contributed by atoms with Crippen molar-refractivity contribution < 1.29 is 37.3 Å². The van der Waals surface area contributed by atoms with Crippen LogP contribution < -0.4 is 10.2 Å². The van der Waals surface area contributed by atoms with Gasteiger partial charge in [-0.25, -0.2) is 0 Å². The van der Waals surface area contributed by atoms with Crippen LogP contribution in [0.15, 0.2) is 97.2 Å². The van der Waals surface area contributed by atoms with E-state index >= 15 is 0 Å². The molecular formula is C71H127N2O7P. The van der Waals surface area contributed by atoms with E-state index in [0.29, 0.717) is 17.4 Å². The van der Waals surface area contributed by atoms with Gasteiger partial charge in [0.15, 0.2) is 0 Å². The Bertz CT molecular complexity index is 1710. The zero-order chi connectivity index (χ0) is 59.3. The van der Waals surface area contributed by atoms with Gasteiger partial charge in [0.1, 0.15) is 19.3 Å². The van der Waals surface area contributed by atoms with Crippen LogP contribution in [0, 0.1) is 0 Å². The summed E-state index contributed by atoms with van der Waals surface area (Å²) in [7, 11) is 1.16. The summed E-state index contributed by atoms with van der Waals surface area (Å²) in [5, 5.41) is 3.01. The number of amides is 1. The van der Waals surface area contributed by atoms with Crippen molar-refractivity contribution in [2.75, 3.05) is 40.9 Å². The Morgan fingerprint density at radius 2 is 0.790 bits per heavy atom. The molecule has 9 nitrogen and oxygen atoms in total. The molecule has 0 radical (unpaired) electrons. The summed E-state index contributed by atoms with van der Waals surface area (Å²) in [6, 6.07) is -0.911. The normalized spacial score (nSPS) is 14.2. The summed E-state index contributed by atoms with van der Waals surface area (Å²) in [6.45, 7) is 6.68. The van der Waals surface area contributed by atoms with Crippen molar-refractivity contribution in [3.63, 3.8) is 0 Å². The van der Waals surface area contributed by atoms with Gasteiger partial charge in [0.2, 0.25) is 5.91 Å². The Morgan fingerprint density at radius 3 is 1.22 bits per heavy atom. The molecule has 0 fully saturated rings. The van der Waals surface area contributed by atoms with Gasteiger partial charge >= 0.3 is 5.97 Å². The average molecular weight is 1150 g/mol. The molecule has 0 saturated heterocycles. The smallest absolute Gasteiger partial charge is 0.306 e. The maximum atomic E-state index is 13.5. The van der Waals surface area contributed by atoms with Crippen LogP contribution in [0.2, 0.25) is 0 Å². The molecule has 1 amide bonds. The number of carbonyl (C=O) groups excluding carboxylic acids is 2. The molecule has 0 spiro atoms. The van der Waals surface area contributed by atoms with Crippen molar-refractivity contribution in [3.05, 3.63) is 97.2 Å². The van der Waals surface area contributed by atoms with Crippen molar-refractivity contribution in [2.45, 2.75) is 303 Å². The minimum atomic E-state index is -4.71. The van der Waals surface area contributed by atoms with Gasteiger partial charge in [0.05, 0.1) is 33.8 Å². The fourth-order valence-corrected chi connectivity index (χ4v) is 10.1. The van der Waals surface area contributed by atoms with Gasteiger partial charge < -0.3 is 28.5 Å². The molecule has 0 bridgehead atoms. The molecule has 81 heavy (non-hydrogen) atoms. The number of unbranched alkanes of at least 4 members (excludes halogenated alkanes) is 30. The highest BCUT2D eigenvalue weighted by atomic mass is 31.2. The van der Waals surface area contributed by atoms with E-state index in [1.54, 1.807) is 0 Å². The molecule has 0 aromatic heterocycles. The minimum Gasteiger partial charge on any atom is -0.756 e. The summed E-state index contributed by atoms with van der Waals surface area (Å²) >= 11 is 0. The van der Waals surface area contributed by atoms with Gasteiger partial charge in [0, 0.05) is 12.8 Å². The van der Waals surface area contributed by atoms with Crippen molar-refractivity contribution in [3.8, 4) is 0 Å². The number of carbonyl (C=O) groups is 2. The predicted molar refractivity (Wildman–Crippen MR) is 348 cm³/mol. The number of likely N-dealkylation sites (N-methyl/N-ethyl adjacent to an activating group) is 1. The zero-order valence-electron chi connectivity index (χ0n) is 53.5. The van der Waals surface area contributed by atoms with E-state index in [0.717, 1.165) is 96.3 Å². The molecule has 0 saturated carbocycles. The summed E-state index contributed by atoms with van der Waals surface area (Å²) in [5.41, 5.74) is 0. The standard InChI is InChI=1S/C71H127N2O7P/c1-7-10-13-16-19-22-25-27-29-31-33-34-35-36-37-38-40-42-44-46-49-52-55-58-61-64-71(75)80-69(62-59-56-53-50-47-24-21-18-15-12-9-3)68(67-79-81(76,77)78-66-65-73(4,5)6)72-70(74)63-60-57-54-51-48-45-43-41-39-32-30-28-26-23-20-17-14-11-8-2/h11,14,19-20,22-23,27-30,39,41,45,48,59,62,68-69H,7-10,12-13,15-18,21,24-26,31-38,40,42-44,46-47,49-58,60-61,63-67H2,1-6H3,(H-,72,74,76,77)/b14-11-,22-19-,23-20-,29-27-,30-28-,41-39-,48-45-,62-59-. The first-order valence-corrected chi connectivity index (χ1v) is 35.0. The van der Waals surface area contributed by atoms with Gasteiger partial charge in [-0.2, -0.15) is 0 Å². The summed E-state index contributed by atoms with van der Waals surface area (Å²) in [6.07, 6.45) is 81.0. The maximum absolute atomic E-state index is 13.5. The molecule has 10 heteroatoms. The van der Waals surface area contributed by atoms with E-state index in [4.69, 9.17) is 13.8 Å². The lowest BCUT2D eigenvalue weighted by atomic mass is 10.0. The first kappa shape index (κ1) is 77.9. The molecular weight excluding hydrogens is 1020 g/mol. The average Bonchev–Trinajstić information content (AvgIpc) is 3.43. The van der Waals surface area contributed by atoms with E-state index in [9.17, 15) is 19.0 Å². The quantitative estimate of drug-likeness (QED) is 0.0212. The number of nitrogens with one attached hydrogen (secondary N) is 1. The number of esters is 1. The minimum absolute atomic E-state index is 0.0326. The van der Waals surface area contributed by atoms with E-state index in [1.807, 2.05) is 33.3 Å². The highest BCUT2D eigenvalue weighted by Crippen LogP contribution is 2.38. The number of ether oxygens (including phenoxy) is 1. The first-order valence-electron chi connectivity index (χ1n) is 33.5. The summed E-state index contributed by atoms with van der Waals surface area (Å²) in [5.74, 6) is -0.578. The van der Waals surface area contributed by atoms with Crippen LogP contribution in [-0.2, 0) is 27.9 Å². The molecule has 0 aromatic rings. The highest BCUT2D eigenvalue weighted by molar-refractivity contribution is 7.45. The van der Waals surface area contributed by atoms with Gasteiger partial charge in [-0.05, 0) is 109 Å². The first-order chi connectivity index (χ1) is 39.4. The van der Waals surface area contributed by atoms with Crippen LogP contribution in [0.25, 0.3) is 0 Å². The Hall–Kier alpha value is -3.07. The number of hydrogen-bond donors (Lipinski definition) is 1. The number of hydrogen-bond acceptors (Lipinski definition) is 7. The molecule has 0 aliphatic heterocycles. The molecule has 0 aliphatic rings. The van der Waals surface area contributed by atoms with E-state index in [1.165, 1.54) is 154 Å². The SMILES string of the molecule is CC/C=C\C/C=C\C/C=C\C/C=C\C/C=C\CCCCCC(=O)NC(COP(=O)([O-])OCC[N+](C)(C)C)C(/C=C\CCCCCCCCCCC)OC(=O)CCCCCCCCCCCCCCCCC/C=C\C/C=C\CCCCC. The lowest BCUT2D eigenvalue weighted by Crippen LogP contribution is -2.47. The molecule has 0 rings (SSSR count). The molecule has 0 aromatic carbocycles. The third kappa shape index (κ3) is 61.3. The molecule has 3 unspecified atom stereocenters. The Morgan fingerprint density at radius 1 is 0.444 bits per heavy atom. The van der Waals surface area contributed by atoms with Crippen LogP contribution >= 0.6 is 7.82 Å². The fourth-order valence-electron chi connectivity index (χ4n) is 9.34. The monoisotopic (exact) mass is 1150 g/mol. The number of quaternary nitrogens is 1. The third-order valence-corrected chi connectivity index (χ3v) is 15.5. The Kier molecular flexibility index (Phi) is 57.8. The lowest BCUT2D eigenvalue weighted by Gasteiger charge is -2.30. The summed E-state index contributed by atoms with van der Waals surface area (Å²) in [4.78, 5) is 40.1. The predicted octanol–water partition coefficient (Wildman–Crippen LogP) is 20.5. The highest BCUT2D eigenvalue weighted by Gasteiger charge is 2.27. The second-order valence-corrected chi connectivity index (χ2v) is 25.0. The van der Waals surface area contributed by atoms with Crippen molar-refractivity contribution in [1.82, 2.24) is 5.32 Å². The van der Waals surface area contributed by atoms with Gasteiger partial charge in [-0.1, -0.05) is 266 Å². The maximum Gasteiger partial charge on any atom is 0.306 e. The lowest BCUT2D eigenvalue weighted by molar-refractivity contribution is -0.870. The molecule has 1 N–H and O–H groups in total. The van der Waals surface area contributed by atoms with E-state index in [2.05, 4.69) is 111 Å². The van der Waals surface area contributed by atoms with Gasteiger partial charge in [0.25, 0.3) is 7.82 Å². The van der Waals surface area contributed by atoms with Crippen molar-refractivity contribution in [1.29, 1.82) is 0 Å². The van der Waals surface area contributed by atoms with Gasteiger partial charge in [-0.3, -0.25) is 14.2 Å². The number of nitrogens with zero attached hydrogens (tertiary/aromatic N) is 1. The van der Waals surface area contributed by atoms with Crippen molar-refractivity contribution >= 4 is 19.7 Å². The van der Waals surface area contributed by atoms with E-state index in [-0.39, 0.29) is 31.3 Å². The number of phosphoric ester groups is 1. The van der Waals surface area contributed by atoms with Crippen molar-refractivity contribution in [2.24, 2.45) is 0 Å².